The molecule has 1 saturated heterocycles. The maximum absolute atomic E-state index is 12.5. The third-order valence-electron chi connectivity index (χ3n) is 5.63. The van der Waals surface area contributed by atoms with Gasteiger partial charge in [0.25, 0.3) is 5.91 Å². The quantitative estimate of drug-likeness (QED) is 0.788. The molecular formula is C21H24N6O2S. The van der Waals surface area contributed by atoms with Gasteiger partial charge < -0.3 is 10.2 Å². The fourth-order valence-electron chi connectivity index (χ4n) is 3.97. The fourth-order valence-corrected chi connectivity index (χ4v) is 5.22. The zero-order valence-electron chi connectivity index (χ0n) is 16.8. The standard InChI is InChI=1S/C21H24N6O2S/c22-13-16-15-3-1-2-4-18(15)30-20(16)25-19(28)5-8-26-9-11-27(12-10-26)21(29)17-14-23-6-7-24-17/h6-7,14H,1-5,8-12H2,(H,25,28). The summed E-state index contributed by atoms with van der Waals surface area (Å²) < 4.78 is 0. The van der Waals surface area contributed by atoms with Crippen molar-refractivity contribution in [3.05, 3.63) is 40.3 Å². The largest absolute Gasteiger partial charge is 0.335 e. The molecular weight excluding hydrogens is 400 g/mol. The van der Waals surface area contributed by atoms with Crippen LogP contribution < -0.4 is 5.32 Å². The molecule has 2 aliphatic rings. The highest BCUT2D eigenvalue weighted by atomic mass is 32.1. The second kappa shape index (κ2) is 9.32. The number of amides is 2. The monoisotopic (exact) mass is 424 g/mol. The first kappa shape index (κ1) is 20.4. The molecule has 0 atom stereocenters. The molecule has 156 valence electrons. The van der Waals surface area contributed by atoms with E-state index in [9.17, 15) is 14.9 Å². The highest BCUT2D eigenvalue weighted by Crippen LogP contribution is 2.37. The molecule has 4 rings (SSSR count). The van der Waals surface area contributed by atoms with Crippen molar-refractivity contribution in [3.8, 4) is 6.07 Å². The Morgan fingerprint density at radius 3 is 2.70 bits per heavy atom. The van der Waals surface area contributed by atoms with Crippen LogP contribution in [0, 0.1) is 11.3 Å². The van der Waals surface area contributed by atoms with E-state index in [1.807, 2.05) is 0 Å². The average molecular weight is 425 g/mol. The molecule has 1 N–H and O–H groups in total. The van der Waals surface area contributed by atoms with Crippen molar-refractivity contribution in [1.29, 1.82) is 5.26 Å². The molecule has 9 heteroatoms. The number of nitrogens with zero attached hydrogens (tertiary/aromatic N) is 5. The van der Waals surface area contributed by atoms with Crippen molar-refractivity contribution in [2.24, 2.45) is 0 Å². The molecule has 0 unspecified atom stereocenters. The maximum Gasteiger partial charge on any atom is 0.274 e. The number of nitrogens with one attached hydrogen (secondary N) is 1. The first-order valence-electron chi connectivity index (χ1n) is 10.3. The van der Waals surface area contributed by atoms with Gasteiger partial charge in [0.15, 0.2) is 0 Å². The number of thiophene rings is 1. The minimum Gasteiger partial charge on any atom is -0.335 e. The lowest BCUT2D eigenvalue weighted by atomic mass is 9.96. The maximum atomic E-state index is 12.5. The zero-order chi connectivity index (χ0) is 20.9. The number of piperazine rings is 1. The summed E-state index contributed by atoms with van der Waals surface area (Å²) in [6.07, 6.45) is 9.11. The Hall–Kier alpha value is -2.83. The minimum atomic E-state index is -0.105. The molecule has 1 fully saturated rings. The molecule has 30 heavy (non-hydrogen) atoms. The third kappa shape index (κ3) is 4.50. The Balaban J connectivity index is 1.25. The van der Waals surface area contributed by atoms with Crippen molar-refractivity contribution < 1.29 is 9.59 Å². The fraction of sp³-hybridized carbons (Fsp3) is 0.476. The molecule has 0 radical (unpaired) electrons. The van der Waals surface area contributed by atoms with Gasteiger partial charge >= 0.3 is 0 Å². The molecule has 0 bridgehead atoms. The second-order valence-electron chi connectivity index (χ2n) is 7.55. The van der Waals surface area contributed by atoms with Crippen molar-refractivity contribution in [2.45, 2.75) is 32.1 Å². The number of fused-ring (bicyclic) bond motifs is 1. The number of carbonyl (C=O) groups is 2. The van der Waals surface area contributed by atoms with Crippen LogP contribution in [0.3, 0.4) is 0 Å². The van der Waals surface area contributed by atoms with Crippen molar-refractivity contribution in [2.75, 3.05) is 38.0 Å². The smallest absolute Gasteiger partial charge is 0.274 e. The summed E-state index contributed by atoms with van der Waals surface area (Å²) in [7, 11) is 0. The van der Waals surface area contributed by atoms with Gasteiger partial charge in [0.1, 0.15) is 16.8 Å². The van der Waals surface area contributed by atoms with Crippen LogP contribution in [0.2, 0.25) is 0 Å². The normalized spacial score (nSPS) is 16.6. The number of carbonyl (C=O) groups excluding carboxylic acids is 2. The van der Waals surface area contributed by atoms with E-state index < -0.39 is 0 Å². The topological polar surface area (TPSA) is 102 Å². The summed E-state index contributed by atoms with van der Waals surface area (Å²) in [5.41, 5.74) is 2.14. The summed E-state index contributed by atoms with van der Waals surface area (Å²) >= 11 is 1.55. The lowest BCUT2D eigenvalue weighted by Crippen LogP contribution is -2.49. The summed E-state index contributed by atoms with van der Waals surface area (Å²) in [4.78, 5) is 38.1. The van der Waals surface area contributed by atoms with Gasteiger partial charge in [-0.2, -0.15) is 5.26 Å². The van der Waals surface area contributed by atoms with E-state index in [0.29, 0.717) is 42.3 Å². The van der Waals surface area contributed by atoms with Gasteiger partial charge in [0.05, 0.1) is 11.8 Å². The molecule has 2 amide bonds. The molecule has 1 aliphatic heterocycles. The number of hydrogen-bond acceptors (Lipinski definition) is 7. The van der Waals surface area contributed by atoms with Gasteiger partial charge in [-0.25, -0.2) is 4.98 Å². The number of anilines is 1. The summed E-state index contributed by atoms with van der Waals surface area (Å²) in [5.74, 6) is -0.172. The van der Waals surface area contributed by atoms with Gasteiger partial charge in [-0.1, -0.05) is 0 Å². The summed E-state index contributed by atoms with van der Waals surface area (Å²) in [6.45, 7) is 3.28. The Bertz CT molecular complexity index is 960. The first-order valence-corrected chi connectivity index (χ1v) is 11.1. The van der Waals surface area contributed by atoms with Crippen LogP contribution >= 0.6 is 11.3 Å². The van der Waals surface area contributed by atoms with Crippen molar-refractivity contribution >= 4 is 28.2 Å². The first-order chi connectivity index (χ1) is 14.7. The van der Waals surface area contributed by atoms with E-state index in [1.165, 1.54) is 17.3 Å². The molecule has 0 saturated carbocycles. The van der Waals surface area contributed by atoms with Crippen molar-refractivity contribution in [3.63, 3.8) is 0 Å². The molecule has 8 nitrogen and oxygen atoms in total. The SMILES string of the molecule is N#Cc1c(NC(=O)CCN2CCN(C(=O)c3cnccn3)CC2)sc2c1CCCC2. The molecule has 2 aromatic heterocycles. The molecule has 0 aromatic carbocycles. The molecule has 3 heterocycles. The van der Waals surface area contributed by atoms with Crippen LogP contribution in [-0.4, -0.2) is 64.3 Å². The lowest BCUT2D eigenvalue weighted by Gasteiger charge is -2.34. The van der Waals surface area contributed by atoms with Crippen LogP contribution in [0.4, 0.5) is 5.00 Å². The van der Waals surface area contributed by atoms with Crippen LogP contribution in [0.5, 0.6) is 0 Å². The zero-order valence-corrected chi connectivity index (χ0v) is 17.6. The third-order valence-corrected chi connectivity index (χ3v) is 6.84. The predicted molar refractivity (Wildman–Crippen MR) is 113 cm³/mol. The van der Waals surface area contributed by atoms with Crippen LogP contribution in [0.15, 0.2) is 18.6 Å². The summed E-state index contributed by atoms with van der Waals surface area (Å²) in [6, 6.07) is 2.28. The highest BCUT2D eigenvalue weighted by Gasteiger charge is 2.24. The number of aromatic nitrogens is 2. The van der Waals surface area contributed by atoms with Gasteiger partial charge in [0.2, 0.25) is 5.91 Å². The van der Waals surface area contributed by atoms with Gasteiger partial charge in [-0.3, -0.25) is 19.5 Å². The molecule has 0 spiro atoms. The van der Waals surface area contributed by atoms with E-state index >= 15 is 0 Å². The number of nitriles is 1. The van der Waals surface area contributed by atoms with E-state index in [1.54, 1.807) is 22.4 Å². The molecule has 2 aromatic rings. The van der Waals surface area contributed by atoms with Gasteiger partial charge in [-0.05, 0) is 31.2 Å². The summed E-state index contributed by atoms with van der Waals surface area (Å²) in [5, 5.41) is 13.2. The average Bonchev–Trinajstić information content (AvgIpc) is 3.15. The van der Waals surface area contributed by atoms with Crippen LogP contribution in [0.1, 0.15) is 45.8 Å². The van der Waals surface area contributed by atoms with Crippen LogP contribution in [0.25, 0.3) is 0 Å². The highest BCUT2D eigenvalue weighted by molar-refractivity contribution is 7.16. The van der Waals surface area contributed by atoms with Crippen molar-refractivity contribution in [1.82, 2.24) is 19.8 Å². The van der Waals surface area contributed by atoms with E-state index in [2.05, 4.69) is 26.3 Å². The van der Waals surface area contributed by atoms with Gasteiger partial charge in [0, 0.05) is 56.4 Å². The minimum absolute atomic E-state index is 0.0665. The number of rotatable bonds is 5. The predicted octanol–water partition coefficient (Wildman–Crippen LogP) is 2.08. The lowest BCUT2D eigenvalue weighted by molar-refractivity contribution is -0.116. The number of aryl methyl sites for hydroxylation is 1. The van der Waals surface area contributed by atoms with Gasteiger partial charge in [-0.15, -0.1) is 11.3 Å². The Kier molecular flexibility index (Phi) is 6.35. The van der Waals surface area contributed by atoms with E-state index in [-0.39, 0.29) is 11.8 Å². The van der Waals surface area contributed by atoms with E-state index in [4.69, 9.17) is 0 Å². The second-order valence-corrected chi connectivity index (χ2v) is 8.65. The van der Waals surface area contributed by atoms with Crippen LogP contribution in [-0.2, 0) is 17.6 Å². The Morgan fingerprint density at radius 1 is 1.17 bits per heavy atom. The Morgan fingerprint density at radius 2 is 1.97 bits per heavy atom. The number of hydrogen-bond donors (Lipinski definition) is 1. The Labute approximate surface area is 179 Å². The van der Waals surface area contributed by atoms with E-state index in [0.717, 1.165) is 44.3 Å². The molecule has 1 aliphatic carbocycles.